The van der Waals surface area contributed by atoms with Crippen molar-refractivity contribution in [2.45, 2.75) is 39.7 Å². The van der Waals surface area contributed by atoms with E-state index in [1.807, 2.05) is 25.1 Å². The number of benzene rings is 1. The van der Waals surface area contributed by atoms with E-state index in [-0.39, 0.29) is 0 Å². The molecule has 0 fully saturated rings. The lowest BCUT2D eigenvalue weighted by molar-refractivity contribution is -0.880. The first-order chi connectivity index (χ1) is 13.0. The largest absolute Gasteiger partial charge is 0.344 e. The lowest BCUT2D eigenvalue weighted by atomic mass is 10.2. The second-order valence-corrected chi connectivity index (χ2v) is 8.89. The molecule has 2 rings (SSSR count). The van der Waals surface area contributed by atoms with Crippen LogP contribution in [0.2, 0.25) is 5.02 Å². The second-order valence-electron chi connectivity index (χ2n) is 7.06. The molecule has 0 saturated carbocycles. The van der Waals surface area contributed by atoms with Gasteiger partial charge in [0.05, 0.1) is 26.7 Å². The summed E-state index contributed by atoms with van der Waals surface area (Å²) in [6.45, 7) is 8.48. The molecule has 0 bridgehead atoms. The Kier molecular flexibility index (Phi) is 9.56. The van der Waals surface area contributed by atoms with E-state index >= 15 is 0 Å². The van der Waals surface area contributed by atoms with Crippen molar-refractivity contribution in [2.24, 2.45) is 0 Å². The number of quaternary nitrogens is 1. The molecule has 3 nitrogen and oxygen atoms in total. The number of unbranched alkanes of at least 4 members (excludes halogenated alkanes) is 1. The van der Waals surface area contributed by atoms with Crippen LogP contribution in [0, 0.1) is 6.92 Å². The fourth-order valence-corrected chi connectivity index (χ4v) is 4.05. The summed E-state index contributed by atoms with van der Waals surface area (Å²) in [5.41, 5.74) is 2.04. The number of thiocarbonyl (C=S) groups is 1. The van der Waals surface area contributed by atoms with E-state index in [1.54, 1.807) is 16.2 Å². The lowest BCUT2D eigenvalue weighted by Crippen LogP contribution is -3.09. The Morgan fingerprint density at radius 3 is 2.70 bits per heavy atom. The molecule has 1 aromatic heterocycles. The maximum atomic E-state index is 6.14. The van der Waals surface area contributed by atoms with Crippen LogP contribution in [0.25, 0.3) is 0 Å². The Labute approximate surface area is 178 Å². The minimum atomic E-state index is 0.774. The number of aryl methyl sites for hydroxylation is 1. The van der Waals surface area contributed by atoms with Gasteiger partial charge in [-0.05, 0) is 60.8 Å². The van der Waals surface area contributed by atoms with Crippen molar-refractivity contribution in [3.05, 3.63) is 51.2 Å². The van der Waals surface area contributed by atoms with Gasteiger partial charge in [-0.3, -0.25) is 0 Å². The van der Waals surface area contributed by atoms with Gasteiger partial charge in [0.1, 0.15) is 0 Å². The highest BCUT2D eigenvalue weighted by atomic mass is 35.5. The third-order valence-corrected chi connectivity index (χ3v) is 6.26. The number of hydrogen-bond donors (Lipinski definition) is 2. The molecule has 0 aliphatic rings. The molecule has 0 radical (unpaired) electrons. The van der Waals surface area contributed by atoms with Crippen LogP contribution >= 0.6 is 35.2 Å². The summed E-state index contributed by atoms with van der Waals surface area (Å²) >= 11 is 13.7. The predicted octanol–water partition coefficient (Wildman–Crippen LogP) is 4.61. The van der Waals surface area contributed by atoms with Gasteiger partial charge in [0, 0.05) is 28.6 Å². The van der Waals surface area contributed by atoms with Crippen LogP contribution < -0.4 is 10.2 Å². The molecule has 0 aliphatic heterocycles. The highest BCUT2D eigenvalue weighted by Gasteiger charge is 2.13. The molecule has 1 unspecified atom stereocenters. The standard InChI is InChI=1S/C21H30ClN3S2/c1-4-5-11-24(3)12-7-13-25(16-19-8-6-14-27-19)21(26)23-18-9-10-20(22)17(2)15-18/h6,8-10,14-15H,4-5,7,11-13,16H2,1-3H3,(H,23,26)/p+1. The number of anilines is 1. The first-order valence-electron chi connectivity index (χ1n) is 9.65. The zero-order valence-corrected chi connectivity index (χ0v) is 18.9. The topological polar surface area (TPSA) is 19.7 Å². The highest BCUT2D eigenvalue weighted by molar-refractivity contribution is 7.80. The fraction of sp³-hybridized carbons (Fsp3) is 0.476. The summed E-state index contributed by atoms with van der Waals surface area (Å²) in [4.78, 5) is 5.20. The van der Waals surface area contributed by atoms with E-state index in [9.17, 15) is 0 Å². The quantitative estimate of drug-likeness (QED) is 0.543. The predicted molar refractivity (Wildman–Crippen MR) is 123 cm³/mol. The van der Waals surface area contributed by atoms with Crippen molar-refractivity contribution < 1.29 is 4.90 Å². The van der Waals surface area contributed by atoms with Crippen LogP contribution in [0.15, 0.2) is 35.7 Å². The number of nitrogens with zero attached hydrogens (tertiary/aromatic N) is 1. The van der Waals surface area contributed by atoms with Crippen molar-refractivity contribution in [1.82, 2.24) is 4.90 Å². The van der Waals surface area contributed by atoms with E-state index in [2.05, 4.69) is 41.7 Å². The average molecular weight is 425 g/mol. The molecule has 1 aromatic carbocycles. The van der Waals surface area contributed by atoms with Crippen molar-refractivity contribution >= 4 is 46.0 Å². The van der Waals surface area contributed by atoms with Gasteiger partial charge in [-0.15, -0.1) is 11.3 Å². The SMILES string of the molecule is CCCC[NH+](C)CCCN(Cc1cccs1)C(=S)Nc1ccc(Cl)c(C)c1. The molecule has 6 heteroatoms. The van der Waals surface area contributed by atoms with E-state index < -0.39 is 0 Å². The van der Waals surface area contributed by atoms with Gasteiger partial charge in [0.15, 0.2) is 5.11 Å². The molecule has 27 heavy (non-hydrogen) atoms. The van der Waals surface area contributed by atoms with E-state index in [0.29, 0.717) is 0 Å². The molecule has 1 atom stereocenters. The van der Waals surface area contributed by atoms with Crippen LogP contribution in [-0.2, 0) is 6.54 Å². The molecule has 1 heterocycles. The summed E-state index contributed by atoms with van der Waals surface area (Å²) in [7, 11) is 2.28. The third kappa shape index (κ3) is 7.78. The average Bonchev–Trinajstić information content (AvgIpc) is 3.15. The first-order valence-corrected chi connectivity index (χ1v) is 11.3. The Morgan fingerprint density at radius 2 is 2.04 bits per heavy atom. The summed E-state index contributed by atoms with van der Waals surface area (Å²) in [5.74, 6) is 0. The summed E-state index contributed by atoms with van der Waals surface area (Å²) in [5, 5.41) is 7.06. The van der Waals surface area contributed by atoms with Crippen molar-refractivity contribution in [2.75, 3.05) is 32.0 Å². The third-order valence-electron chi connectivity index (χ3n) is 4.61. The van der Waals surface area contributed by atoms with Crippen molar-refractivity contribution in [1.29, 1.82) is 0 Å². The van der Waals surface area contributed by atoms with Gasteiger partial charge >= 0.3 is 0 Å². The molecule has 0 saturated heterocycles. The van der Waals surface area contributed by atoms with E-state index in [0.717, 1.165) is 40.9 Å². The smallest absolute Gasteiger partial charge is 0.173 e. The maximum absolute atomic E-state index is 6.14. The zero-order valence-electron chi connectivity index (χ0n) is 16.6. The number of halogens is 1. The van der Waals surface area contributed by atoms with E-state index in [1.165, 1.54) is 30.8 Å². The van der Waals surface area contributed by atoms with E-state index in [4.69, 9.17) is 23.8 Å². The van der Waals surface area contributed by atoms with Gasteiger partial charge in [-0.2, -0.15) is 0 Å². The van der Waals surface area contributed by atoms with Crippen molar-refractivity contribution in [3.63, 3.8) is 0 Å². The van der Waals surface area contributed by atoms with Crippen LogP contribution in [0.4, 0.5) is 5.69 Å². The fourth-order valence-electron chi connectivity index (χ4n) is 2.94. The minimum absolute atomic E-state index is 0.774. The zero-order chi connectivity index (χ0) is 19.6. The van der Waals surface area contributed by atoms with Gasteiger partial charge in [0.2, 0.25) is 0 Å². The Balaban J connectivity index is 1.95. The first kappa shape index (κ1) is 22.2. The molecule has 0 amide bonds. The monoisotopic (exact) mass is 424 g/mol. The summed E-state index contributed by atoms with van der Waals surface area (Å²) in [6, 6.07) is 10.2. The Hall–Kier alpha value is -1.14. The maximum Gasteiger partial charge on any atom is 0.173 e. The molecular weight excluding hydrogens is 394 g/mol. The van der Waals surface area contributed by atoms with Gasteiger partial charge in [-0.25, -0.2) is 0 Å². The molecule has 0 aliphatic carbocycles. The van der Waals surface area contributed by atoms with Crippen LogP contribution in [0.5, 0.6) is 0 Å². The molecule has 2 N–H and O–H groups in total. The number of nitrogens with one attached hydrogen (secondary N) is 2. The van der Waals surface area contributed by atoms with Crippen LogP contribution in [0.3, 0.4) is 0 Å². The molecule has 0 spiro atoms. The van der Waals surface area contributed by atoms with Gasteiger partial charge < -0.3 is 15.1 Å². The Morgan fingerprint density at radius 1 is 1.26 bits per heavy atom. The molecular formula is C21H31ClN3S2+. The Bertz CT molecular complexity index is 703. The molecule has 148 valence electrons. The number of hydrogen-bond acceptors (Lipinski definition) is 2. The van der Waals surface area contributed by atoms with Crippen LogP contribution in [-0.4, -0.2) is 36.7 Å². The van der Waals surface area contributed by atoms with Gasteiger partial charge in [-0.1, -0.05) is 31.0 Å². The molecule has 2 aromatic rings. The lowest BCUT2D eigenvalue weighted by Gasteiger charge is -2.26. The minimum Gasteiger partial charge on any atom is -0.344 e. The van der Waals surface area contributed by atoms with Gasteiger partial charge in [0.25, 0.3) is 0 Å². The highest BCUT2D eigenvalue weighted by Crippen LogP contribution is 2.20. The number of thiophene rings is 1. The second kappa shape index (κ2) is 11.6. The number of rotatable bonds is 10. The normalized spacial score (nSPS) is 12.0. The summed E-state index contributed by atoms with van der Waals surface area (Å²) in [6.07, 6.45) is 3.68. The summed E-state index contributed by atoms with van der Waals surface area (Å²) < 4.78 is 0. The van der Waals surface area contributed by atoms with Crippen molar-refractivity contribution in [3.8, 4) is 0 Å². The van der Waals surface area contributed by atoms with Crippen LogP contribution in [0.1, 0.15) is 36.6 Å².